The quantitative estimate of drug-likeness (QED) is 0.427. The summed E-state index contributed by atoms with van der Waals surface area (Å²) in [6.07, 6.45) is 3.23. The number of carbonyl (C=O) groups excluding carboxylic acids is 1. The first kappa shape index (κ1) is 17.9. The maximum atomic E-state index is 12.4. The summed E-state index contributed by atoms with van der Waals surface area (Å²) in [5.74, 6) is -0.176. The molecule has 0 saturated heterocycles. The van der Waals surface area contributed by atoms with Gasteiger partial charge in [0.15, 0.2) is 0 Å². The second kappa shape index (κ2) is 7.88. The molecule has 24 heavy (non-hydrogen) atoms. The molecule has 0 aliphatic rings. The predicted octanol–water partition coefficient (Wildman–Crippen LogP) is 4.59. The highest BCUT2D eigenvalue weighted by atomic mass is 79.9. The first-order valence-corrected chi connectivity index (χ1v) is 8.13. The van der Waals surface area contributed by atoms with Gasteiger partial charge in [0.25, 0.3) is 5.69 Å². The number of nitro benzene ring substituents is 1. The first-order chi connectivity index (χ1) is 11.4. The van der Waals surface area contributed by atoms with Gasteiger partial charge in [0.2, 0.25) is 5.91 Å². The topological polar surface area (TPSA) is 63.5 Å². The highest BCUT2D eigenvalue weighted by Crippen LogP contribution is 2.23. The molecule has 0 N–H and O–H groups in total. The summed E-state index contributed by atoms with van der Waals surface area (Å²) in [6.45, 7) is 1.84. The summed E-state index contributed by atoms with van der Waals surface area (Å²) in [7, 11) is 1.68. The Morgan fingerprint density at radius 1 is 1.25 bits per heavy atom. The number of nitrogens with zero attached hydrogens (tertiary/aromatic N) is 2. The van der Waals surface area contributed by atoms with Gasteiger partial charge in [-0.15, -0.1) is 0 Å². The number of hydrogen-bond acceptors (Lipinski definition) is 3. The zero-order valence-corrected chi connectivity index (χ0v) is 14.9. The van der Waals surface area contributed by atoms with E-state index < -0.39 is 4.92 Å². The third-order valence-corrected chi connectivity index (χ3v) is 4.52. The summed E-state index contributed by atoms with van der Waals surface area (Å²) in [6, 6.07) is 13.7. The van der Waals surface area contributed by atoms with Crippen molar-refractivity contribution in [3.8, 4) is 0 Å². The molecule has 0 fully saturated rings. The Morgan fingerprint density at radius 2 is 1.96 bits per heavy atom. The van der Waals surface area contributed by atoms with Crippen LogP contribution in [-0.4, -0.2) is 22.8 Å². The van der Waals surface area contributed by atoms with Gasteiger partial charge in [-0.1, -0.05) is 46.3 Å². The number of amides is 1. The Labute approximate surface area is 148 Å². The number of benzene rings is 2. The van der Waals surface area contributed by atoms with Crippen LogP contribution < -0.4 is 0 Å². The molecule has 2 rings (SSSR count). The minimum Gasteiger partial charge on any atom is -0.335 e. The van der Waals surface area contributed by atoms with Crippen molar-refractivity contribution in [2.24, 2.45) is 0 Å². The second-order valence-corrected chi connectivity index (χ2v) is 6.19. The molecule has 6 heteroatoms. The normalized spacial score (nSPS) is 12.1. The summed E-state index contributed by atoms with van der Waals surface area (Å²) >= 11 is 3.43. The van der Waals surface area contributed by atoms with E-state index in [1.54, 1.807) is 30.2 Å². The Hall–Kier alpha value is -2.47. The molecule has 0 aliphatic carbocycles. The average Bonchev–Trinajstić information content (AvgIpc) is 2.59. The molecule has 1 amide bonds. The van der Waals surface area contributed by atoms with Crippen molar-refractivity contribution in [2.45, 2.75) is 13.0 Å². The van der Waals surface area contributed by atoms with Crippen LogP contribution in [-0.2, 0) is 4.79 Å². The molecule has 0 radical (unpaired) electrons. The molecule has 0 bridgehead atoms. The number of non-ortho nitro benzene ring substituents is 1. The molecular formula is C18H17BrN2O3. The van der Waals surface area contributed by atoms with Crippen molar-refractivity contribution in [1.29, 1.82) is 0 Å². The number of hydrogen-bond donors (Lipinski definition) is 0. The van der Waals surface area contributed by atoms with E-state index in [1.807, 2.05) is 31.2 Å². The maximum absolute atomic E-state index is 12.4. The van der Waals surface area contributed by atoms with E-state index in [1.165, 1.54) is 18.2 Å². The Morgan fingerprint density at radius 3 is 2.62 bits per heavy atom. The maximum Gasteiger partial charge on any atom is 0.269 e. The molecule has 5 nitrogen and oxygen atoms in total. The SMILES string of the molecule is C[C@@H](c1cccc([N+](=O)[O-])c1)N(C)C(=O)/C=C/c1ccccc1Br. The number of likely N-dealkylation sites (N-methyl/N-ethyl adjacent to an activating group) is 1. The lowest BCUT2D eigenvalue weighted by Gasteiger charge is -2.24. The van der Waals surface area contributed by atoms with Crippen LogP contribution in [0.3, 0.4) is 0 Å². The van der Waals surface area contributed by atoms with E-state index in [0.717, 1.165) is 10.0 Å². The molecular weight excluding hydrogens is 372 g/mol. The lowest BCUT2D eigenvalue weighted by atomic mass is 10.1. The van der Waals surface area contributed by atoms with Crippen molar-refractivity contribution in [3.05, 3.63) is 80.3 Å². The molecule has 2 aromatic carbocycles. The highest BCUT2D eigenvalue weighted by Gasteiger charge is 2.17. The number of rotatable bonds is 5. The first-order valence-electron chi connectivity index (χ1n) is 7.34. The van der Waals surface area contributed by atoms with Gasteiger partial charge in [-0.05, 0) is 30.2 Å². The van der Waals surface area contributed by atoms with Gasteiger partial charge in [0, 0.05) is 29.7 Å². The molecule has 2 aromatic rings. The van der Waals surface area contributed by atoms with Crippen LogP contribution in [0.1, 0.15) is 24.1 Å². The van der Waals surface area contributed by atoms with Crippen LogP contribution in [0.4, 0.5) is 5.69 Å². The third-order valence-electron chi connectivity index (χ3n) is 3.80. The smallest absolute Gasteiger partial charge is 0.269 e. The summed E-state index contributed by atoms with van der Waals surface area (Å²) in [5, 5.41) is 10.9. The molecule has 124 valence electrons. The van der Waals surface area contributed by atoms with Gasteiger partial charge in [0.05, 0.1) is 11.0 Å². The van der Waals surface area contributed by atoms with Crippen molar-refractivity contribution in [3.63, 3.8) is 0 Å². The van der Waals surface area contributed by atoms with E-state index in [4.69, 9.17) is 0 Å². The number of halogens is 1. The zero-order chi connectivity index (χ0) is 17.7. The summed E-state index contributed by atoms with van der Waals surface area (Å²) in [4.78, 5) is 24.3. The zero-order valence-electron chi connectivity index (χ0n) is 13.3. The second-order valence-electron chi connectivity index (χ2n) is 5.33. The Bertz CT molecular complexity index is 789. The molecule has 0 aliphatic heterocycles. The van der Waals surface area contributed by atoms with Crippen LogP contribution in [0, 0.1) is 10.1 Å². The molecule has 0 spiro atoms. The summed E-state index contributed by atoms with van der Waals surface area (Å²) < 4.78 is 0.906. The number of carbonyl (C=O) groups is 1. The molecule has 0 unspecified atom stereocenters. The van der Waals surface area contributed by atoms with Gasteiger partial charge >= 0.3 is 0 Å². The largest absolute Gasteiger partial charge is 0.335 e. The lowest BCUT2D eigenvalue weighted by molar-refractivity contribution is -0.384. The Kier molecular flexibility index (Phi) is 5.87. The lowest BCUT2D eigenvalue weighted by Crippen LogP contribution is -2.28. The van der Waals surface area contributed by atoms with Crippen molar-refractivity contribution < 1.29 is 9.72 Å². The van der Waals surface area contributed by atoms with Gasteiger partial charge in [-0.2, -0.15) is 0 Å². The third kappa shape index (κ3) is 4.29. The van der Waals surface area contributed by atoms with Crippen LogP contribution in [0.15, 0.2) is 59.1 Å². The van der Waals surface area contributed by atoms with Crippen LogP contribution in [0.2, 0.25) is 0 Å². The van der Waals surface area contributed by atoms with E-state index >= 15 is 0 Å². The molecule has 0 aromatic heterocycles. The predicted molar refractivity (Wildman–Crippen MR) is 97.5 cm³/mol. The summed E-state index contributed by atoms with van der Waals surface area (Å²) in [5.41, 5.74) is 1.64. The molecule has 0 heterocycles. The van der Waals surface area contributed by atoms with Gasteiger partial charge in [-0.25, -0.2) is 0 Å². The molecule has 0 saturated carbocycles. The monoisotopic (exact) mass is 388 g/mol. The standard InChI is InChI=1S/C18H17BrN2O3/c1-13(15-7-5-8-16(12-15)21(23)24)20(2)18(22)11-10-14-6-3-4-9-17(14)19/h3-13H,1-2H3/b11-10+/t13-/m0/s1. The van der Waals surface area contributed by atoms with Crippen LogP contribution in [0.25, 0.3) is 6.08 Å². The average molecular weight is 389 g/mol. The fourth-order valence-electron chi connectivity index (χ4n) is 2.20. The molecule has 1 atom stereocenters. The van der Waals surface area contributed by atoms with E-state index in [0.29, 0.717) is 5.56 Å². The van der Waals surface area contributed by atoms with E-state index in [2.05, 4.69) is 15.9 Å². The fraction of sp³-hybridized carbons (Fsp3) is 0.167. The van der Waals surface area contributed by atoms with Crippen LogP contribution >= 0.6 is 15.9 Å². The van der Waals surface area contributed by atoms with Gasteiger partial charge < -0.3 is 4.90 Å². The van der Waals surface area contributed by atoms with Gasteiger partial charge in [0.1, 0.15) is 0 Å². The van der Waals surface area contributed by atoms with Crippen molar-refractivity contribution in [2.75, 3.05) is 7.05 Å². The minimum atomic E-state index is -0.440. The fourth-order valence-corrected chi connectivity index (χ4v) is 2.62. The van der Waals surface area contributed by atoms with E-state index in [9.17, 15) is 14.9 Å². The van der Waals surface area contributed by atoms with Crippen LogP contribution in [0.5, 0.6) is 0 Å². The highest BCUT2D eigenvalue weighted by molar-refractivity contribution is 9.10. The number of nitro groups is 1. The van der Waals surface area contributed by atoms with E-state index in [-0.39, 0.29) is 17.6 Å². The minimum absolute atomic E-state index is 0.0176. The van der Waals surface area contributed by atoms with Gasteiger partial charge in [-0.3, -0.25) is 14.9 Å². The van der Waals surface area contributed by atoms with Crippen molar-refractivity contribution >= 4 is 33.6 Å². The van der Waals surface area contributed by atoms with Crippen molar-refractivity contribution in [1.82, 2.24) is 4.90 Å². The Balaban J connectivity index is 2.14.